The number of fused-ring (bicyclic) bond motifs is 2. The molecular formula is C33H28ClFN2O3. The maximum Gasteiger partial charge on any atom is 0.221 e. The Morgan fingerprint density at radius 3 is 2.58 bits per heavy atom. The molecule has 0 fully saturated rings. The maximum atomic E-state index is 13.5. The molecule has 0 radical (unpaired) electrons. The first-order valence-electron chi connectivity index (χ1n) is 13.3. The molecule has 1 aromatic heterocycles. The van der Waals surface area contributed by atoms with Crippen molar-refractivity contribution in [3.63, 3.8) is 0 Å². The summed E-state index contributed by atoms with van der Waals surface area (Å²) in [5, 5.41) is 4.72. The second kappa shape index (κ2) is 11.4. The highest BCUT2D eigenvalue weighted by molar-refractivity contribution is 6.30. The molecule has 0 spiro atoms. The Balaban J connectivity index is 1.26. The lowest BCUT2D eigenvalue weighted by Crippen LogP contribution is -2.41. The summed E-state index contributed by atoms with van der Waals surface area (Å²) >= 11 is 6.39. The first kappa shape index (κ1) is 26.0. The van der Waals surface area contributed by atoms with Gasteiger partial charge in [0.05, 0.1) is 6.54 Å². The van der Waals surface area contributed by atoms with Crippen molar-refractivity contribution < 1.29 is 18.7 Å². The summed E-state index contributed by atoms with van der Waals surface area (Å²) in [4.78, 5) is 13.4. The molecule has 1 amide bonds. The lowest BCUT2D eigenvalue weighted by Gasteiger charge is -2.26. The van der Waals surface area contributed by atoms with E-state index in [1.165, 1.54) is 12.1 Å². The van der Waals surface area contributed by atoms with Crippen LogP contribution in [-0.2, 0) is 11.3 Å². The van der Waals surface area contributed by atoms with E-state index in [2.05, 4.69) is 28.2 Å². The Morgan fingerprint density at radius 1 is 0.975 bits per heavy atom. The van der Waals surface area contributed by atoms with Crippen LogP contribution in [0.1, 0.15) is 29.0 Å². The standard InChI is InChI=1S/C33H28ClFN2O3/c34-24-7-5-6-23(16-24)28(17-33(38)36-18-26-21-39-31-10-3-4-11-32(31)40-26)29-20-37(30-9-2-1-8-27(29)30)19-22-12-14-25(35)15-13-22/h1-16,20,26,28H,17-19,21H2,(H,36,38)/t26-,28-/m0/s1. The van der Waals surface area contributed by atoms with Gasteiger partial charge in [0.15, 0.2) is 11.5 Å². The summed E-state index contributed by atoms with van der Waals surface area (Å²) < 4.78 is 27.5. The van der Waals surface area contributed by atoms with E-state index in [4.69, 9.17) is 21.1 Å². The van der Waals surface area contributed by atoms with Crippen molar-refractivity contribution in [2.45, 2.75) is 25.0 Å². The molecule has 0 unspecified atom stereocenters. The predicted molar refractivity (Wildman–Crippen MR) is 155 cm³/mol. The molecule has 0 saturated heterocycles. The van der Waals surface area contributed by atoms with Crippen LogP contribution in [0.4, 0.5) is 4.39 Å². The van der Waals surface area contributed by atoms with Gasteiger partial charge in [-0.1, -0.05) is 66.2 Å². The zero-order chi connectivity index (χ0) is 27.5. The monoisotopic (exact) mass is 554 g/mol. The number of carbonyl (C=O) groups excluding carboxylic acids is 1. The summed E-state index contributed by atoms with van der Waals surface area (Å²) in [5.41, 5.74) is 4.02. The molecule has 202 valence electrons. The summed E-state index contributed by atoms with van der Waals surface area (Å²) in [5.74, 6) is 0.801. The number of aromatic nitrogens is 1. The lowest BCUT2D eigenvalue weighted by molar-refractivity contribution is -0.121. The van der Waals surface area contributed by atoms with Gasteiger partial charge >= 0.3 is 0 Å². The molecular weight excluding hydrogens is 527 g/mol. The molecule has 1 aliphatic heterocycles. The third-order valence-corrected chi connectivity index (χ3v) is 7.43. The zero-order valence-corrected chi connectivity index (χ0v) is 22.5. The fraction of sp³-hybridized carbons (Fsp3) is 0.182. The summed E-state index contributed by atoms with van der Waals surface area (Å²) in [6.07, 6.45) is 2.05. The molecule has 6 rings (SSSR count). The fourth-order valence-corrected chi connectivity index (χ4v) is 5.45. The third-order valence-electron chi connectivity index (χ3n) is 7.20. The average Bonchev–Trinajstić information content (AvgIpc) is 3.34. The van der Waals surface area contributed by atoms with Crippen LogP contribution in [-0.4, -0.2) is 29.7 Å². The zero-order valence-electron chi connectivity index (χ0n) is 21.7. The van der Waals surface area contributed by atoms with E-state index in [0.29, 0.717) is 36.2 Å². The normalized spacial score (nSPS) is 15.1. The topological polar surface area (TPSA) is 52.5 Å². The number of benzene rings is 4. The molecule has 2 atom stereocenters. The van der Waals surface area contributed by atoms with Gasteiger partial charge in [0, 0.05) is 41.0 Å². The van der Waals surface area contributed by atoms with Crippen LogP contribution in [0.15, 0.2) is 103 Å². The molecule has 0 aliphatic carbocycles. The van der Waals surface area contributed by atoms with Crippen LogP contribution < -0.4 is 14.8 Å². The molecule has 7 heteroatoms. The van der Waals surface area contributed by atoms with Crippen molar-refractivity contribution in [1.29, 1.82) is 0 Å². The third kappa shape index (κ3) is 5.68. The minimum Gasteiger partial charge on any atom is -0.486 e. The number of hydrogen-bond acceptors (Lipinski definition) is 3. The molecule has 1 N–H and O–H groups in total. The molecule has 5 nitrogen and oxygen atoms in total. The van der Waals surface area contributed by atoms with Gasteiger partial charge in [-0.2, -0.15) is 0 Å². The number of halogens is 2. The van der Waals surface area contributed by atoms with E-state index in [1.54, 1.807) is 12.1 Å². The molecule has 2 heterocycles. The van der Waals surface area contributed by atoms with Gasteiger partial charge in [-0.25, -0.2) is 4.39 Å². The van der Waals surface area contributed by atoms with Gasteiger partial charge in [0.2, 0.25) is 5.91 Å². The number of ether oxygens (including phenoxy) is 2. The highest BCUT2D eigenvalue weighted by Gasteiger charge is 2.25. The van der Waals surface area contributed by atoms with Gasteiger partial charge in [-0.15, -0.1) is 0 Å². The highest BCUT2D eigenvalue weighted by atomic mass is 35.5. The Bertz CT molecular complexity index is 1650. The maximum absolute atomic E-state index is 13.5. The average molecular weight is 555 g/mol. The Hall–Kier alpha value is -4.29. The van der Waals surface area contributed by atoms with E-state index in [9.17, 15) is 9.18 Å². The smallest absolute Gasteiger partial charge is 0.221 e. The first-order chi connectivity index (χ1) is 19.5. The van der Waals surface area contributed by atoms with Crippen molar-refractivity contribution in [1.82, 2.24) is 9.88 Å². The molecule has 4 aromatic carbocycles. The van der Waals surface area contributed by atoms with Gasteiger partial charge in [0.25, 0.3) is 0 Å². The molecule has 40 heavy (non-hydrogen) atoms. The van der Waals surface area contributed by atoms with Crippen LogP contribution >= 0.6 is 11.6 Å². The second-order valence-electron chi connectivity index (χ2n) is 9.97. The highest BCUT2D eigenvalue weighted by Crippen LogP contribution is 2.36. The fourth-order valence-electron chi connectivity index (χ4n) is 5.25. The van der Waals surface area contributed by atoms with Crippen LogP contribution in [0, 0.1) is 5.82 Å². The van der Waals surface area contributed by atoms with Gasteiger partial charge in [-0.05, 0) is 59.2 Å². The van der Waals surface area contributed by atoms with Crippen molar-refractivity contribution in [3.8, 4) is 11.5 Å². The van der Waals surface area contributed by atoms with E-state index in [-0.39, 0.29) is 30.2 Å². The second-order valence-corrected chi connectivity index (χ2v) is 10.4. The van der Waals surface area contributed by atoms with E-state index < -0.39 is 0 Å². The van der Waals surface area contributed by atoms with Crippen LogP contribution in [0.2, 0.25) is 5.02 Å². The van der Waals surface area contributed by atoms with Crippen molar-refractivity contribution in [2.24, 2.45) is 0 Å². The number of carbonyl (C=O) groups is 1. The molecule has 5 aromatic rings. The number of hydrogen-bond donors (Lipinski definition) is 1. The Labute approximate surface area is 237 Å². The largest absolute Gasteiger partial charge is 0.486 e. The van der Waals surface area contributed by atoms with E-state index >= 15 is 0 Å². The number of para-hydroxylation sites is 3. The minimum absolute atomic E-state index is 0.0946. The van der Waals surface area contributed by atoms with E-state index in [0.717, 1.165) is 27.6 Å². The summed E-state index contributed by atoms with van der Waals surface area (Å²) in [6.45, 7) is 1.28. The SMILES string of the molecule is O=C(C[C@@H](c1cccc(Cl)c1)c1cn(Cc2ccc(F)cc2)c2ccccc12)NC[C@H]1COc2ccccc2O1. The lowest BCUT2D eigenvalue weighted by atomic mass is 9.88. The van der Waals surface area contributed by atoms with Gasteiger partial charge in [0.1, 0.15) is 18.5 Å². The number of nitrogens with one attached hydrogen (secondary N) is 1. The first-order valence-corrected chi connectivity index (χ1v) is 13.6. The van der Waals surface area contributed by atoms with Crippen molar-refractivity contribution in [3.05, 3.63) is 131 Å². The van der Waals surface area contributed by atoms with Crippen LogP contribution in [0.3, 0.4) is 0 Å². The van der Waals surface area contributed by atoms with Gasteiger partial charge < -0.3 is 19.4 Å². The van der Waals surface area contributed by atoms with Crippen molar-refractivity contribution in [2.75, 3.05) is 13.2 Å². The van der Waals surface area contributed by atoms with Crippen LogP contribution in [0.5, 0.6) is 11.5 Å². The van der Waals surface area contributed by atoms with E-state index in [1.807, 2.05) is 60.7 Å². The number of amides is 1. The minimum atomic E-state index is -0.277. The van der Waals surface area contributed by atoms with Crippen LogP contribution in [0.25, 0.3) is 10.9 Å². The number of rotatable bonds is 8. The predicted octanol–water partition coefficient (Wildman–Crippen LogP) is 6.96. The molecule has 0 bridgehead atoms. The molecule has 0 saturated carbocycles. The summed E-state index contributed by atoms with van der Waals surface area (Å²) in [6, 6.07) is 29.9. The molecule has 1 aliphatic rings. The summed E-state index contributed by atoms with van der Waals surface area (Å²) in [7, 11) is 0. The Kier molecular flexibility index (Phi) is 7.43. The van der Waals surface area contributed by atoms with Crippen molar-refractivity contribution >= 4 is 28.4 Å². The quantitative estimate of drug-likeness (QED) is 0.225. The Morgan fingerprint density at radius 2 is 1.75 bits per heavy atom. The van der Waals surface area contributed by atoms with Gasteiger partial charge in [-0.3, -0.25) is 4.79 Å². The number of nitrogens with zero attached hydrogens (tertiary/aromatic N) is 1.